The van der Waals surface area contributed by atoms with Crippen LogP contribution >= 0.6 is 0 Å². The van der Waals surface area contributed by atoms with E-state index in [4.69, 9.17) is 15.2 Å². The molecule has 2 rings (SSSR count). The second-order valence-electron chi connectivity index (χ2n) is 4.18. The zero-order valence-electron chi connectivity index (χ0n) is 11.4. The van der Waals surface area contributed by atoms with Gasteiger partial charge in [0.2, 0.25) is 0 Å². The van der Waals surface area contributed by atoms with Crippen molar-refractivity contribution in [2.45, 2.75) is 6.43 Å². The Bertz CT molecular complexity index is 607. The van der Waals surface area contributed by atoms with Crippen molar-refractivity contribution in [3.05, 3.63) is 23.8 Å². The van der Waals surface area contributed by atoms with Crippen molar-refractivity contribution < 1.29 is 18.3 Å². The molecule has 0 atom stereocenters. The molecule has 108 valence electrons. The van der Waals surface area contributed by atoms with E-state index in [-0.39, 0.29) is 17.1 Å². The standard InChI is InChI=1S/C13H15F2N3O2/c1-18-11(16)6-9(17-18)7-4-8(13(14)15)12(20-3)10(5-7)19-2/h4-6,13H,16H2,1-3H3. The molecule has 0 fully saturated rings. The van der Waals surface area contributed by atoms with Crippen molar-refractivity contribution in [3.63, 3.8) is 0 Å². The van der Waals surface area contributed by atoms with E-state index in [1.165, 1.54) is 25.0 Å². The van der Waals surface area contributed by atoms with Crippen LogP contribution in [0, 0.1) is 0 Å². The summed E-state index contributed by atoms with van der Waals surface area (Å²) < 4.78 is 37.8. The maximum Gasteiger partial charge on any atom is 0.267 e. The second-order valence-corrected chi connectivity index (χ2v) is 4.18. The van der Waals surface area contributed by atoms with Crippen molar-refractivity contribution in [1.82, 2.24) is 9.78 Å². The van der Waals surface area contributed by atoms with Crippen molar-refractivity contribution in [2.75, 3.05) is 20.0 Å². The number of nitrogens with two attached hydrogens (primary N) is 1. The number of nitrogens with zero attached hydrogens (tertiary/aromatic N) is 2. The first-order valence-corrected chi connectivity index (χ1v) is 5.82. The maximum atomic E-state index is 13.1. The van der Waals surface area contributed by atoms with Gasteiger partial charge in [0, 0.05) is 18.7 Å². The third-order valence-corrected chi connectivity index (χ3v) is 2.95. The predicted octanol–water partition coefficient (Wildman–Crippen LogP) is 2.62. The molecule has 7 heteroatoms. The summed E-state index contributed by atoms with van der Waals surface area (Å²) in [5.74, 6) is 0.688. The van der Waals surface area contributed by atoms with E-state index < -0.39 is 6.43 Å². The fraction of sp³-hybridized carbons (Fsp3) is 0.308. The first-order valence-electron chi connectivity index (χ1n) is 5.82. The Balaban J connectivity index is 2.62. The molecular weight excluding hydrogens is 268 g/mol. The molecule has 0 radical (unpaired) electrons. The molecule has 0 spiro atoms. The number of hydrogen-bond acceptors (Lipinski definition) is 4. The third kappa shape index (κ3) is 2.38. The van der Waals surface area contributed by atoms with Gasteiger partial charge < -0.3 is 15.2 Å². The summed E-state index contributed by atoms with van der Waals surface area (Å²) in [6.45, 7) is 0. The minimum atomic E-state index is -2.68. The molecule has 20 heavy (non-hydrogen) atoms. The van der Waals surface area contributed by atoms with Crippen LogP contribution in [0.2, 0.25) is 0 Å². The Morgan fingerprint density at radius 2 is 1.90 bits per heavy atom. The Kier molecular flexibility index (Phi) is 3.78. The molecule has 2 N–H and O–H groups in total. The summed E-state index contributed by atoms with van der Waals surface area (Å²) in [5, 5.41) is 4.16. The summed E-state index contributed by atoms with van der Waals surface area (Å²) in [6.07, 6.45) is -2.68. The van der Waals surface area contributed by atoms with Gasteiger partial charge in [-0.15, -0.1) is 0 Å². The molecule has 1 aromatic heterocycles. The average molecular weight is 283 g/mol. The van der Waals surface area contributed by atoms with Crippen LogP contribution in [0.4, 0.5) is 14.6 Å². The molecule has 0 unspecified atom stereocenters. The molecule has 0 aliphatic heterocycles. The summed E-state index contributed by atoms with van der Waals surface area (Å²) in [4.78, 5) is 0. The Morgan fingerprint density at radius 3 is 2.35 bits per heavy atom. The van der Waals surface area contributed by atoms with Gasteiger partial charge in [0.15, 0.2) is 11.5 Å². The summed E-state index contributed by atoms with van der Waals surface area (Å²) in [6, 6.07) is 4.52. The lowest BCUT2D eigenvalue weighted by molar-refractivity contribution is 0.146. The van der Waals surface area contributed by atoms with E-state index in [1.807, 2.05) is 0 Å². The van der Waals surface area contributed by atoms with Gasteiger partial charge in [-0.2, -0.15) is 5.10 Å². The highest BCUT2D eigenvalue weighted by molar-refractivity contribution is 5.68. The number of anilines is 1. The SMILES string of the molecule is COc1cc(-c2cc(N)n(C)n2)cc(C(F)F)c1OC. The molecule has 5 nitrogen and oxygen atoms in total. The topological polar surface area (TPSA) is 62.3 Å². The van der Waals surface area contributed by atoms with E-state index in [1.54, 1.807) is 19.2 Å². The number of methoxy groups -OCH3 is 2. The van der Waals surface area contributed by atoms with Crippen LogP contribution in [-0.4, -0.2) is 24.0 Å². The van der Waals surface area contributed by atoms with Crippen LogP contribution in [0.3, 0.4) is 0 Å². The number of alkyl halides is 2. The Labute approximate surface area is 114 Å². The molecule has 0 bridgehead atoms. The first-order chi connectivity index (χ1) is 9.47. The number of rotatable bonds is 4. The minimum Gasteiger partial charge on any atom is -0.493 e. The van der Waals surface area contributed by atoms with E-state index in [9.17, 15) is 8.78 Å². The minimum absolute atomic E-state index is 0.0233. The van der Waals surface area contributed by atoms with Gasteiger partial charge in [0.25, 0.3) is 6.43 Å². The van der Waals surface area contributed by atoms with Crippen molar-refractivity contribution in [2.24, 2.45) is 7.05 Å². The number of hydrogen-bond donors (Lipinski definition) is 1. The fourth-order valence-corrected chi connectivity index (χ4v) is 1.93. The lowest BCUT2D eigenvalue weighted by Gasteiger charge is -2.13. The highest BCUT2D eigenvalue weighted by atomic mass is 19.3. The number of ether oxygens (including phenoxy) is 2. The number of aryl methyl sites for hydroxylation is 1. The van der Waals surface area contributed by atoms with Gasteiger partial charge in [-0.05, 0) is 12.1 Å². The quantitative estimate of drug-likeness (QED) is 0.937. The number of aromatic nitrogens is 2. The zero-order valence-corrected chi connectivity index (χ0v) is 11.4. The highest BCUT2D eigenvalue weighted by Crippen LogP contribution is 2.40. The molecule has 0 aliphatic carbocycles. The smallest absolute Gasteiger partial charge is 0.267 e. The van der Waals surface area contributed by atoms with Crippen LogP contribution in [-0.2, 0) is 7.05 Å². The summed E-state index contributed by atoms with van der Waals surface area (Å²) in [5.41, 5.74) is 6.44. The lowest BCUT2D eigenvalue weighted by atomic mass is 10.1. The van der Waals surface area contributed by atoms with Crippen molar-refractivity contribution >= 4 is 5.82 Å². The van der Waals surface area contributed by atoms with Crippen LogP contribution in [0.1, 0.15) is 12.0 Å². The van der Waals surface area contributed by atoms with Gasteiger partial charge in [-0.25, -0.2) is 8.78 Å². The van der Waals surface area contributed by atoms with E-state index in [2.05, 4.69) is 5.10 Å². The zero-order chi connectivity index (χ0) is 14.9. The average Bonchev–Trinajstić information content (AvgIpc) is 2.76. The Morgan fingerprint density at radius 1 is 1.20 bits per heavy atom. The number of halogens is 2. The molecule has 0 saturated carbocycles. The van der Waals surface area contributed by atoms with Crippen molar-refractivity contribution in [1.29, 1.82) is 0 Å². The third-order valence-electron chi connectivity index (χ3n) is 2.95. The van der Waals surface area contributed by atoms with Gasteiger partial charge in [0.05, 0.1) is 25.5 Å². The van der Waals surface area contributed by atoms with E-state index >= 15 is 0 Å². The molecule has 2 aromatic rings. The fourth-order valence-electron chi connectivity index (χ4n) is 1.93. The first kappa shape index (κ1) is 14.1. The van der Waals surface area contributed by atoms with E-state index in [0.717, 1.165) is 0 Å². The monoisotopic (exact) mass is 283 g/mol. The van der Waals surface area contributed by atoms with Gasteiger partial charge in [-0.3, -0.25) is 4.68 Å². The lowest BCUT2D eigenvalue weighted by Crippen LogP contribution is -1.98. The van der Waals surface area contributed by atoms with Crippen molar-refractivity contribution in [3.8, 4) is 22.8 Å². The molecule has 0 saturated heterocycles. The van der Waals surface area contributed by atoms with Crippen LogP contribution in [0.25, 0.3) is 11.3 Å². The predicted molar refractivity (Wildman–Crippen MR) is 71.1 cm³/mol. The molecule has 0 amide bonds. The maximum absolute atomic E-state index is 13.1. The summed E-state index contributed by atoms with van der Waals surface area (Å²) >= 11 is 0. The van der Waals surface area contributed by atoms with Gasteiger partial charge >= 0.3 is 0 Å². The van der Waals surface area contributed by atoms with Gasteiger partial charge in [0.1, 0.15) is 5.82 Å². The highest BCUT2D eigenvalue weighted by Gasteiger charge is 2.21. The normalized spacial score (nSPS) is 10.9. The number of benzene rings is 1. The van der Waals surface area contributed by atoms with E-state index in [0.29, 0.717) is 17.1 Å². The van der Waals surface area contributed by atoms with Crippen LogP contribution in [0.15, 0.2) is 18.2 Å². The summed E-state index contributed by atoms with van der Waals surface area (Å²) in [7, 11) is 4.39. The van der Waals surface area contributed by atoms with Crippen LogP contribution in [0.5, 0.6) is 11.5 Å². The molecule has 1 heterocycles. The largest absolute Gasteiger partial charge is 0.493 e. The molecular formula is C13H15F2N3O2. The molecule has 1 aromatic carbocycles. The molecule has 0 aliphatic rings. The second kappa shape index (κ2) is 5.36. The number of nitrogen functional groups attached to an aromatic ring is 1. The van der Waals surface area contributed by atoms with Crippen LogP contribution < -0.4 is 15.2 Å². The van der Waals surface area contributed by atoms with Gasteiger partial charge in [-0.1, -0.05) is 0 Å². The Hall–Kier alpha value is -2.31.